The third-order valence-electron chi connectivity index (χ3n) is 2.55. The molecule has 2 aromatic rings. The maximum absolute atomic E-state index is 5.48. The molecule has 0 spiro atoms. The van der Waals surface area contributed by atoms with Crippen molar-refractivity contribution in [1.29, 1.82) is 0 Å². The van der Waals surface area contributed by atoms with Gasteiger partial charge < -0.3 is 15.4 Å². The number of anilines is 3. The number of benzene rings is 1. The highest BCUT2D eigenvalue weighted by molar-refractivity contribution is 5.63. The Kier molecular flexibility index (Phi) is 4.61. The van der Waals surface area contributed by atoms with Crippen molar-refractivity contribution < 1.29 is 4.74 Å². The van der Waals surface area contributed by atoms with Crippen LogP contribution < -0.4 is 15.4 Å². The summed E-state index contributed by atoms with van der Waals surface area (Å²) in [6.07, 6.45) is 1.78. The normalized spacial score (nSPS) is 10.0. The molecule has 100 valence electrons. The molecule has 1 aromatic heterocycles. The van der Waals surface area contributed by atoms with Gasteiger partial charge in [0.25, 0.3) is 0 Å². The van der Waals surface area contributed by atoms with Crippen molar-refractivity contribution in [3.8, 4) is 5.75 Å². The number of rotatable bonds is 6. The molecule has 2 N–H and O–H groups in total. The van der Waals surface area contributed by atoms with Crippen LogP contribution in [0.4, 0.5) is 17.2 Å². The van der Waals surface area contributed by atoms with Crippen LogP contribution in [0.15, 0.2) is 42.6 Å². The topological polar surface area (TPSA) is 46.2 Å². The van der Waals surface area contributed by atoms with E-state index < -0.39 is 0 Å². The van der Waals surface area contributed by atoms with Crippen LogP contribution in [0.2, 0.25) is 0 Å². The summed E-state index contributed by atoms with van der Waals surface area (Å²) >= 11 is 0. The summed E-state index contributed by atoms with van der Waals surface area (Å²) in [5.74, 6) is 1.74. The van der Waals surface area contributed by atoms with E-state index in [1.54, 1.807) is 6.20 Å². The van der Waals surface area contributed by atoms with E-state index >= 15 is 0 Å². The van der Waals surface area contributed by atoms with Crippen molar-refractivity contribution in [1.82, 2.24) is 4.98 Å². The molecule has 2 rings (SSSR count). The van der Waals surface area contributed by atoms with E-state index in [2.05, 4.69) is 15.6 Å². The average molecular weight is 257 g/mol. The van der Waals surface area contributed by atoms with Gasteiger partial charge in [-0.15, -0.1) is 0 Å². The Hall–Kier alpha value is -2.23. The van der Waals surface area contributed by atoms with Gasteiger partial charge in [-0.1, -0.05) is 6.07 Å². The Bertz CT molecular complexity index is 481. The maximum atomic E-state index is 5.48. The third-order valence-corrected chi connectivity index (χ3v) is 2.55. The molecule has 0 atom stereocenters. The van der Waals surface area contributed by atoms with Gasteiger partial charge in [-0.25, -0.2) is 4.98 Å². The molecule has 0 unspecified atom stereocenters. The number of nitrogens with zero attached hydrogens (tertiary/aromatic N) is 1. The van der Waals surface area contributed by atoms with Crippen molar-refractivity contribution in [2.45, 2.75) is 13.8 Å². The minimum absolute atomic E-state index is 0.670. The van der Waals surface area contributed by atoms with Crippen LogP contribution in [-0.4, -0.2) is 18.1 Å². The van der Waals surface area contributed by atoms with Gasteiger partial charge in [0.2, 0.25) is 0 Å². The Morgan fingerprint density at radius 2 is 1.95 bits per heavy atom. The van der Waals surface area contributed by atoms with Crippen LogP contribution in [0.25, 0.3) is 0 Å². The van der Waals surface area contributed by atoms with Gasteiger partial charge in [-0.2, -0.15) is 0 Å². The van der Waals surface area contributed by atoms with Crippen LogP contribution in [-0.2, 0) is 0 Å². The first-order chi connectivity index (χ1) is 9.31. The summed E-state index contributed by atoms with van der Waals surface area (Å²) in [4.78, 5) is 4.24. The number of aromatic nitrogens is 1. The van der Waals surface area contributed by atoms with Gasteiger partial charge in [0.15, 0.2) is 0 Å². The number of hydrogen-bond acceptors (Lipinski definition) is 4. The number of nitrogens with one attached hydrogen (secondary N) is 2. The SMILES string of the molecule is CCNc1cc(Nc2cccc(OCC)c2)ccn1. The summed E-state index contributed by atoms with van der Waals surface area (Å²) < 4.78 is 5.48. The van der Waals surface area contributed by atoms with Crippen molar-refractivity contribution in [3.05, 3.63) is 42.6 Å². The lowest BCUT2D eigenvalue weighted by Crippen LogP contribution is -2.00. The quantitative estimate of drug-likeness (QED) is 0.829. The number of ether oxygens (including phenoxy) is 1. The Morgan fingerprint density at radius 3 is 2.74 bits per heavy atom. The monoisotopic (exact) mass is 257 g/mol. The molecule has 0 bridgehead atoms. The Morgan fingerprint density at radius 1 is 1.11 bits per heavy atom. The maximum Gasteiger partial charge on any atom is 0.127 e. The second-order valence-electron chi connectivity index (χ2n) is 4.05. The fraction of sp³-hybridized carbons (Fsp3) is 0.267. The minimum Gasteiger partial charge on any atom is -0.494 e. The van der Waals surface area contributed by atoms with Crippen LogP contribution >= 0.6 is 0 Å². The molecule has 4 nitrogen and oxygen atoms in total. The zero-order valence-electron chi connectivity index (χ0n) is 11.3. The van der Waals surface area contributed by atoms with Crippen molar-refractivity contribution in [3.63, 3.8) is 0 Å². The molecule has 0 saturated heterocycles. The molecule has 0 radical (unpaired) electrons. The predicted octanol–water partition coefficient (Wildman–Crippen LogP) is 3.66. The summed E-state index contributed by atoms with van der Waals surface area (Å²) in [6.45, 7) is 5.55. The fourth-order valence-corrected chi connectivity index (χ4v) is 1.78. The molecule has 0 fully saturated rings. The molecule has 0 saturated carbocycles. The molecule has 0 amide bonds. The van der Waals surface area contributed by atoms with Crippen LogP contribution in [0, 0.1) is 0 Å². The van der Waals surface area contributed by atoms with Gasteiger partial charge in [0.05, 0.1) is 6.61 Å². The van der Waals surface area contributed by atoms with Gasteiger partial charge in [0, 0.05) is 36.2 Å². The first-order valence-electron chi connectivity index (χ1n) is 6.51. The molecule has 19 heavy (non-hydrogen) atoms. The largest absolute Gasteiger partial charge is 0.494 e. The lowest BCUT2D eigenvalue weighted by atomic mass is 10.3. The lowest BCUT2D eigenvalue weighted by Gasteiger charge is -2.10. The standard InChI is InChI=1S/C15H19N3O/c1-3-16-15-11-13(8-9-17-15)18-12-6-5-7-14(10-12)19-4-2/h5-11H,3-4H2,1-2H3,(H2,16,17,18). The molecular weight excluding hydrogens is 238 g/mol. The van der Waals surface area contributed by atoms with Crippen LogP contribution in [0.1, 0.15) is 13.8 Å². The Labute approximate surface area is 113 Å². The zero-order valence-corrected chi connectivity index (χ0v) is 11.3. The Balaban J connectivity index is 2.11. The van der Waals surface area contributed by atoms with Crippen molar-refractivity contribution >= 4 is 17.2 Å². The summed E-state index contributed by atoms with van der Waals surface area (Å²) in [5.41, 5.74) is 2.00. The van der Waals surface area contributed by atoms with Gasteiger partial charge in [0.1, 0.15) is 11.6 Å². The molecule has 1 heterocycles. The molecule has 0 aliphatic rings. The first-order valence-corrected chi connectivity index (χ1v) is 6.51. The average Bonchev–Trinajstić information content (AvgIpc) is 2.40. The predicted molar refractivity (Wildman–Crippen MR) is 79.3 cm³/mol. The van der Waals surface area contributed by atoms with Crippen LogP contribution in [0.3, 0.4) is 0 Å². The summed E-state index contributed by atoms with van der Waals surface area (Å²) in [7, 11) is 0. The highest BCUT2D eigenvalue weighted by Gasteiger charge is 1.99. The number of hydrogen-bond donors (Lipinski definition) is 2. The second kappa shape index (κ2) is 6.64. The van der Waals surface area contributed by atoms with E-state index in [1.807, 2.05) is 50.2 Å². The molecule has 0 aliphatic heterocycles. The number of pyridine rings is 1. The zero-order chi connectivity index (χ0) is 13.5. The van der Waals surface area contributed by atoms with E-state index in [1.165, 1.54) is 0 Å². The van der Waals surface area contributed by atoms with E-state index in [0.29, 0.717) is 6.61 Å². The summed E-state index contributed by atoms with van der Waals surface area (Å²) in [6, 6.07) is 11.8. The lowest BCUT2D eigenvalue weighted by molar-refractivity contribution is 0.340. The smallest absolute Gasteiger partial charge is 0.127 e. The molecule has 4 heteroatoms. The first kappa shape index (κ1) is 13.2. The van der Waals surface area contributed by atoms with E-state index in [9.17, 15) is 0 Å². The summed E-state index contributed by atoms with van der Waals surface area (Å²) in [5, 5.41) is 6.53. The van der Waals surface area contributed by atoms with Gasteiger partial charge in [-0.05, 0) is 32.0 Å². The molecule has 1 aromatic carbocycles. The van der Waals surface area contributed by atoms with Gasteiger partial charge >= 0.3 is 0 Å². The fourth-order valence-electron chi connectivity index (χ4n) is 1.78. The highest BCUT2D eigenvalue weighted by atomic mass is 16.5. The van der Waals surface area contributed by atoms with Crippen molar-refractivity contribution in [2.75, 3.05) is 23.8 Å². The third kappa shape index (κ3) is 3.88. The van der Waals surface area contributed by atoms with E-state index in [-0.39, 0.29) is 0 Å². The van der Waals surface area contributed by atoms with E-state index in [4.69, 9.17) is 4.74 Å². The van der Waals surface area contributed by atoms with E-state index in [0.717, 1.165) is 29.5 Å². The van der Waals surface area contributed by atoms with Crippen LogP contribution in [0.5, 0.6) is 5.75 Å². The second-order valence-corrected chi connectivity index (χ2v) is 4.05. The minimum atomic E-state index is 0.670. The molecule has 0 aliphatic carbocycles. The highest BCUT2D eigenvalue weighted by Crippen LogP contribution is 2.22. The van der Waals surface area contributed by atoms with Crippen molar-refractivity contribution in [2.24, 2.45) is 0 Å². The van der Waals surface area contributed by atoms with Gasteiger partial charge in [-0.3, -0.25) is 0 Å². The molecular formula is C15H19N3O.